The smallest absolute Gasteiger partial charge is 0.262 e. The second kappa shape index (κ2) is 9.90. The van der Waals surface area contributed by atoms with Crippen LogP contribution in [-0.2, 0) is 6.54 Å². The second-order valence-electron chi connectivity index (χ2n) is 7.92. The Hall–Kier alpha value is -1.96. The molecule has 2 aromatic heterocycles. The molecule has 1 aromatic carbocycles. The first-order valence-electron chi connectivity index (χ1n) is 10.3. The Bertz CT molecular complexity index is 1080. The van der Waals surface area contributed by atoms with Crippen LogP contribution >= 0.6 is 23.1 Å². The number of carbonyl (C=O) groups excluding carboxylic acids is 1. The van der Waals surface area contributed by atoms with Crippen molar-refractivity contribution < 1.29 is 4.79 Å². The highest BCUT2D eigenvalue weighted by molar-refractivity contribution is 7.99. The van der Waals surface area contributed by atoms with Crippen LogP contribution < -0.4 is 5.56 Å². The van der Waals surface area contributed by atoms with Gasteiger partial charge in [0.15, 0.2) is 10.9 Å². The fraction of sp³-hybridized carbons (Fsp3) is 0.435. The molecule has 0 saturated heterocycles. The Morgan fingerprint density at radius 3 is 2.47 bits per heavy atom. The van der Waals surface area contributed by atoms with E-state index in [9.17, 15) is 9.59 Å². The molecule has 0 unspecified atom stereocenters. The molecule has 2 heterocycles. The summed E-state index contributed by atoms with van der Waals surface area (Å²) in [7, 11) is 0. The lowest BCUT2D eigenvalue weighted by Crippen LogP contribution is -2.40. The summed E-state index contributed by atoms with van der Waals surface area (Å²) in [6, 6.07) is 12.0. The van der Waals surface area contributed by atoms with Crippen LogP contribution in [0.2, 0.25) is 0 Å². The van der Waals surface area contributed by atoms with Crippen molar-refractivity contribution in [3.8, 4) is 0 Å². The fourth-order valence-corrected chi connectivity index (χ4v) is 5.37. The van der Waals surface area contributed by atoms with E-state index in [1.807, 2.05) is 43.3 Å². The summed E-state index contributed by atoms with van der Waals surface area (Å²) in [6.07, 6.45) is 0. The van der Waals surface area contributed by atoms with Crippen molar-refractivity contribution in [1.82, 2.24) is 14.5 Å². The number of nitrogens with zero attached hydrogens (tertiary/aromatic N) is 3. The van der Waals surface area contributed by atoms with Gasteiger partial charge in [-0.3, -0.25) is 19.1 Å². The van der Waals surface area contributed by atoms with Gasteiger partial charge in [0.05, 0.1) is 21.5 Å². The third-order valence-electron chi connectivity index (χ3n) is 5.08. The lowest BCUT2D eigenvalue weighted by Gasteiger charge is -2.30. The number of benzene rings is 1. The van der Waals surface area contributed by atoms with E-state index in [0.717, 1.165) is 16.3 Å². The first-order valence-corrected chi connectivity index (χ1v) is 12.1. The number of carbonyl (C=O) groups is 1. The van der Waals surface area contributed by atoms with E-state index in [0.29, 0.717) is 34.7 Å². The van der Waals surface area contributed by atoms with Crippen LogP contribution in [-0.4, -0.2) is 44.6 Å². The monoisotopic (exact) mass is 443 g/mol. The normalized spacial score (nSPS) is 11.9. The highest BCUT2D eigenvalue weighted by atomic mass is 32.2. The predicted octanol–water partition coefficient (Wildman–Crippen LogP) is 4.86. The van der Waals surface area contributed by atoms with Crippen molar-refractivity contribution in [2.45, 2.75) is 58.4 Å². The molecule has 0 radical (unpaired) electrons. The Balaban J connectivity index is 1.90. The molecule has 7 heteroatoms. The predicted molar refractivity (Wildman–Crippen MR) is 127 cm³/mol. The molecule has 0 atom stereocenters. The van der Waals surface area contributed by atoms with Gasteiger partial charge in [0.1, 0.15) is 0 Å². The molecular weight excluding hydrogens is 414 g/mol. The maximum absolute atomic E-state index is 13.2. The fourth-order valence-electron chi connectivity index (χ4n) is 3.57. The van der Waals surface area contributed by atoms with E-state index in [1.165, 1.54) is 23.1 Å². The number of thiophene rings is 1. The van der Waals surface area contributed by atoms with Crippen molar-refractivity contribution in [3.63, 3.8) is 0 Å². The SMILES string of the molecule is Cc1ccc(C(=O)CSc2nc3ccccc3c(=O)n2CCN(C(C)C)C(C)C)s1. The topological polar surface area (TPSA) is 55.2 Å². The van der Waals surface area contributed by atoms with E-state index in [-0.39, 0.29) is 17.1 Å². The van der Waals surface area contributed by atoms with Gasteiger partial charge in [-0.2, -0.15) is 0 Å². The molecule has 0 spiro atoms. The van der Waals surface area contributed by atoms with Crippen molar-refractivity contribution in [2.75, 3.05) is 12.3 Å². The first kappa shape index (κ1) is 22.7. The highest BCUT2D eigenvalue weighted by Crippen LogP contribution is 2.22. The van der Waals surface area contributed by atoms with E-state index in [4.69, 9.17) is 4.98 Å². The molecule has 0 saturated carbocycles. The molecule has 0 bridgehead atoms. The minimum absolute atomic E-state index is 0.0463. The summed E-state index contributed by atoms with van der Waals surface area (Å²) in [5.41, 5.74) is 0.625. The van der Waals surface area contributed by atoms with Crippen LogP contribution in [0.4, 0.5) is 0 Å². The zero-order valence-corrected chi connectivity index (χ0v) is 19.8. The summed E-state index contributed by atoms with van der Waals surface area (Å²) in [5.74, 6) is 0.334. The molecule has 3 aromatic rings. The van der Waals surface area contributed by atoms with E-state index >= 15 is 0 Å². The molecule has 5 nitrogen and oxygen atoms in total. The summed E-state index contributed by atoms with van der Waals surface area (Å²) in [6.45, 7) is 11.9. The van der Waals surface area contributed by atoms with Gasteiger partial charge in [-0.05, 0) is 58.9 Å². The molecule has 0 aliphatic rings. The van der Waals surface area contributed by atoms with Gasteiger partial charge in [0, 0.05) is 30.1 Å². The molecule has 0 N–H and O–H groups in total. The quantitative estimate of drug-likeness (QED) is 0.269. The zero-order valence-electron chi connectivity index (χ0n) is 18.2. The summed E-state index contributed by atoms with van der Waals surface area (Å²) in [5, 5.41) is 1.22. The number of Topliss-reactive ketones (excluding diaryl/α,β-unsaturated/α-hetero) is 1. The molecular formula is C23H29N3O2S2. The maximum Gasteiger partial charge on any atom is 0.262 e. The summed E-state index contributed by atoms with van der Waals surface area (Å²) in [4.78, 5) is 34.8. The molecule has 0 fully saturated rings. The standard InChI is InChI=1S/C23H29N3O2S2/c1-15(2)25(16(3)4)12-13-26-22(28)18-8-6-7-9-19(18)24-23(26)29-14-20(27)21-11-10-17(5)30-21/h6-11,15-16H,12-14H2,1-5H3. The van der Waals surface area contributed by atoms with Gasteiger partial charge >= 0.3 is 0 Å². The number of hydrogen-bond acceptors (Lipinski definition) is 6. The Kier molecular flexibility index (Phi) is 7.50. The van der Waals surface area contributed by atoms with Crippen molar-refractivity contribution in [3.05, 3.63) is 56.5 Å². The van der Waals surface area contributed by atoms with Gasteiger partial charge in [-0.15, -0.1) is 11.3 Å². The van der Waals surface area contributed by atoms with Gasteiger partial charge in [-0.1, -0.05) is 23.9 Å². The largest absolute Gasteiger partial charge is 0.297 e. The van der Waals surface area contributed by atoms with Crippen LogP contribution in [0.15, 0.2) is 46.3 Å². The number of aromatic nitrogens is 2. The van der Waals surface area contributed by atoms with Crippen LogP contribution in [0, 0.1) is 6.92 Å². The number of ketones is 1. The summed E-state index contributed by atoms with van der Waals surface area (Å²) >= 11 is 2.85. The maximum atomic E-state index is 13.2. The Morgan fingerprint density at radius 1 is 1.13 bits per heavy atom. The van der Waals surface area contributed by atoms with Gasteiger partial charge in [0.25, 0.3) is 5.56 Å². The van der Waals surface area contributed by atoms with Crippen LogP contribution in [0.3, 0.4) is 0 Å². The first-order chi connectivity index (χ1) is 14.3. The molecule has 3 rings (SSSR count). The number of hydrogen-bond donors (Lipinski definition) is 0. The van der Waals surface area contributed by atoms with Crippen molar-refractivity contribution in [2.24, 2.45) is 0 Å². The van der Waals surface area contributed by atoms with Gasteiger partial charge in [-0.25, -0.2) is 4.98 Å². The third kappa shape index (κ3) is 5.20. The molecule has 0 aliphatic carbocycles. The molecule has 0 aliphatic heterocycles. The number of aryl methyl sites for hydroxylation is 1. The van der Waals surface area contributed by atoms with Crippen LogP contribution in [0.1, 0.15) is 42.2 Å². The Morgan fingerprint density at radius 2 is 1.83 bits per heavy atom. The van der Waals surface area contributed by atoms with Crippen LogP contribution in [0.25, 0.3) is 10.9 Å². The highest BCUT2D eigenvalue weighted by Gasteiger charge is 2.18. The van der Waals surface area contributed by atoms with Crippen molar-refractivity contribution in [1.29, 1.82) is 0 Å². The van der Waals surface area contributed by atoms with Crippen molar-refractivity contribution >= 4 is 39.8 Å². The minimum Gasteiger partial charge on any atom is -0.297 e. The molecule has 0 amide bonds. The number of para-hydroxylation sites is 1. The average Bonchev–Trinajstić information content (AvgIpc) is 3.14. The van der Waals surface area contributed by atoms with Gasteiger partial charge in [0.2, 0.25) is 0 Å². The second-order valence-corrected chi connectivity index (χ2v) is 10.1. The number of fused-ring (bicyclic) bond motifs is 1. The number of thioether (sulfide) groups is 1. The van der Waals surface area contributed by atoms with Crippen LogP contribution in [0.5, 0.6) is 0 Å². The van der Waals surface area contributed by atoms with Gasteiger partial charge < -0.3 is 0 Å². The number of rotatable bonds is 9. The lowest BCUT2D eigenvalue weighted by atomic mass is 10.2. The van der Waals surface area contributed by atoms with E-state index in [2.05, 4.69) is 32.6 Å². The molecule has 160 valence electrons. The zero-order chi connectivity index (χ0) is 21.8. The minimum atomic E-state index is -0.0463. The van der Waals surface area contributed by atoms with E-state index < -0.39 is 0 Å². The third-order valence-corrected chi connectivity index (χ3v) is 7.10. The molecule has 30 heavy (non-hydrogen) atoms. The summed E-state index contributed by atoms with van der Waals surface area (Å²) < 4.78 is 1.73. The lowest BCUT2D eigenvalue weighted by molar-refractivity contribution is 0.102. The average molecular weight is 444 g/mol. The Labute approximate surface area is 186 Å². The van der Waals surface area contributed by atoms with E-state index in [1.54, 1.807) is 4.57 Å².